The molecule has 2 bridgehead atoms. The van der Waals surface area contributed by atoms with Crippen molar-refractivity contribution in [2.24, 2.45) is 17.8 Å². The monoisotopic (exact) mass is 328 g/mol. The van der Waals surface area contributed by atoms with Gasteiger partial charge in [-0.05, 0) is 54.5 Å². The summed E-state index contributed by atoms with van der Waals surface area (Å²) in [6, 6.07) is 9.08. The summed E-state index contributed by atoms with van der Waals surface area (Å²) >= 11 is 1.82. The summed E-state index contributed by atoms with van der Waals surface area (Å²) in [4.78, 5) is 6.69. The maximum atomic E-state index is 2.71. The Morgan fingerprint density at radius 1 is 0.957 bits per heavy atom. The highest BCUT2D eigenvalue weighted by molar-refractivity contribution is 7.98. The van der Waals surface area contributed by atoms with E-state index in [-0.39, 0.29) is 0 Å². The Kier molecular flexibility index (Phi) is 4.79. The molecule has 124 valence electrons. The second kappa shape index (κ2) is 7.00. The van der Waals surface area contributed by atoms with Crippen molar-refractivity contribution in [3.8, 4) is 0 Å². The normalized spacial score (nSPS) is 31.1. The van der Waals surface area contributed by atoms with Gasteiger partial charge in [0.25, 0.3) is 0 Å². The molecule has 3 atom stereocenters. The summed E-state index contributed by atoms with van der Waals surface area (Å²) in [6.07, 6.45) is 9.98. The number of piperazine rings is 1. The molecule has 0 spiro atoms. The fourth-order valence-corrected chi connectivity index (χ4v) is 4.96. The van der Waals surface area contributed by atoms with Crippen LogP contribution >= 0.6 is 11.8 Å². The number of benzene rings is 1. The van der Waals surface area contributed by atoms with Crippen LogP contribution in [0.5, 0.6) is 0 Å². The minimum absolute atomic E-state index is 0.896. The minimum atomic E-state index is 0.896. The standard InChI is InChI=1S/C20H28N2S/c1-23-20-6-3-16(4-7-20)14-21-8-10-22(11-9-21)15-19-13-17-2-5-18(19)12-17/h2-7,17-19H,8-15H2,1H3. The molecular weight excluding hydrogens is 300 g/mol. The van der Waals surface area contributed by atoms with Crippen LogP contribution in [0.25, 0.3) is 0 Å². The minimum Gasteiger partial charge on any atom is -0.300 e. The lowest BCUT2D eigenvalue weighted by Gasteiger charge is -2.37. The molecule has 1 saturated heterocycles. The van der Waals surface area contributed by atoms with Gasteiger partial charge in [-0.3, -0.25) is 4.90 Å². The first kappa shape index (κ1) is 15.7. The highest BCUT2D eigenvalue weighted by Gasteiger charge is 2.36. The van der Waals surface area contributed by atoms with Crippen LogP contribution in [0.2, 0.25) is 0 Å². The predicted octanol–water partition coefficient (Wildman–Crippen LogP) is 3.74. The highest BCUT2D eigenvalue weighted by atomic mass is 32.2. The maximum absolute atomic E-state index is 2.71. The molecule has 2 nitrogen and oxygen atoms in total. The van der Waals surface area contributed by atoms with Crippen LogP contribution in [0.4, 0.5) is 0 Å². The lowest BCUT2D eigenvalue weighted by atomic mass is 9.93. The van der Waals surface area contributed by atoms with Crippen molar-refractivity contribution in [3.05, 3.63) is 42.0 Å². The Hall–Kier alpha value is -0.770. The second-order valence-corrected chi connectivity index (χ2v) is 8.34. The van der Waals surface area contributed by atoms with Crippen LogP contribution in [0.15, 0.2) is 41.3 Å². The number of rotatable bonds is 5. The number of allylic oxidation sites excluding steroid dienone is 2. The molecule has 1 aliphatic heterocycles. The first-order valence-electron chi connectivity index (χ1n) is 9.06. The van der Waals surface area contributed by atoms with Gasteiger partial charge in [0.1, 0.15) is 0 Å². The first-order chi connectivity index (χ1) is 11.3. The lowest BCUT2D eigenvalue weighted by molar-refractivity contribution is 0.108. The molecule has 3 heteroatoms. The molecule has 1 saturated carbocycles. The topological polar surface area (TPSA) is 6.48 Å². The summed E-state index contributed by atoms with van der Waals surface area (Å²) in [5.74, 6) is 2.75. The molecule has 1 heterocycles. The molecule has 4 rings (SSSR count). The van der Waals surface area contributed by atoms with Crippen molar-refractivity contribution in [1.29, 1.82) is 0 Å². The van der Waals surface area contributed by atoms with Crippen LogP contribution in [-0.2, 0) is 6.54 Å². The van der Waals surface area contributed by atoms with Gasteiger partial charge >= 0.3 is 0 Å². The molecule has 3 aliphatic rings. The SMILES string of the molecule is CSc1ccc(CN2CCN(CC3CC4C=CC3C4)CC2)cc1. The Labute approximate surface area is 144 Å². The van der Waals surface area contributed by atoms with Crippen LogP contribution < -0.4 is 0 Å². The molecular formula is C20H28N2S. The maximum Gasteiger partial charge on any atom is 0.0234 e. The molecule has 0 aromatic heterocycles. The molecule has 2 aliphatic carbocycles. The average molecular weight is 329 g/mol. The largest absolute Gasteiger partial charge is 0.300 e. The van der Waals surface area contributed by atoms with E-state index < -0.39 is 0 Å². The number of thioether (sulfide) groups is 1. The average Bonchev–Trinajstić information content (AvgIpc) is 3.20. The molecule has 1 aromatic rings. The lowest BCUT2D eigenvalue weighted by Crippen LogP contribution is -2.47. The van der Waals surface area contributed by atoms with Gasteiger partial charge in [0.2, 0.25) is 0 Å². The Balaban J connectivity index is 1.23. The van der Waals surface area contributed by atoms with E-state index >= 15 is 0 Å². The zero-order valence-corrected chi connectivity index (χ0v) is 15.0. The van der Waals surface area contributed by atoms with Crippen molar-refractivity contribution in [1.82, 2.24) is 9.80 Å². The van der Waals surface area contributed by atoms with Crippen molar-refractivity contribution < 1.29 is 0 Å². The van der Waals surface area contributed by atoms with E-state index in [9.17, 15) is 0 Å². The zero-order chi connectivity index (χ0) is 15.6. The molecule has 0 amide bonds. The van der Waals surface area contributed by atoms with E-state index in [1.54, 1.807) is 0 Å². The van der Waals surface area contributed by atoms with E-state index in [1.807, 2.05) is 11.8 Å². The van der Waals surface area contributed by atoms with Gasteiger partial charge in [-0.1, -0.05) is 24.3 Å². The zero-order valence-electron chi connectivity index (χ0n) is 14.2. The van der Waals surface area contributed by atoms with E-state index in [0.29, 0.717) is 0 Å². The fraction of sp³-hybridized carbons (Fsp3) is 0.600. The van der Waals surface area contributed by atoms with Gasteiger partial charge in [0.15, 0.2) is 0 Å². The van der Waals surface area contributed by atoms with Crippen molar-refractivity contribution in [2.45, 2.75) is 24.3 Å². The molecule has 2 fully saturated rings. The third-order valence-corrected chi connectivity index (χ3v) is 6.68. The number of hydrogen-bond donors (Lipinski definition) is 0. The third-order valence-electron chi connectivity index (χ3n) is 5.94. The molecule has 0 radical (unpaired) electrons. The smallest absolute Gasteiger partial charge is 0.0234 e. The van der Waals surface area contributed by atoms with Gasteiger partial charge in [0, 0.05) is 44.2 Å². The Morgan fingerprint density at radius 2 is 1.70 bits per heavy atom. The fourth-order valence-electron chi connectivity index (χ4n) is 4.56. The van der Waals surface area contributed by atoms with Gasteiger partial charge in [-0.2, -0.15) is 0 Å². The van der Waals surface area contributed by atoms with E-state index in [4.69, 9.17) is 0 Å². The first-order valence-corrected chi connectivity index (χ1v) is 10.3. The van der Waals surface area contributed by atoms with Gasteiger partial charge in [-0.25, -0.2) is 0 Å². The molecule has 23 heavy (non-hydrogen) atoms. The van der Waals surface area contributed by atoms with E-state index in [1.165, 1.54) is 56.0 Å². The Morgan fingerprint density at radius 3 is 2.30 bits per heavy atom. The van der Waals surface area contributed by atoms with Crippen LogP contribution in [0.1, 0.15) is 18.4 Å². The quantitative estimate of drug-likeness (QED) is 0.600. The molecule has 1 aromatic carbocycles. The summed E-state index contributed by atoms with van der Waals surface area (Å²) in [7, 11) is 0. The molecule has 3 unspecified atom stereocenters. The predicted molar refractivity (Wildman–Crippen MR) is 98.8 cm³/mol. The van der Waals surface area contributed by atoms with Gasteiger partial charge in [0.05, 0.1) is 0 Å². The van der Waals surface area contributed by atoms with Crippen molar-refractivity contribution in [2.75, 3.05) is 39.0 Å². The number of nitrogens with zero attached hydrogens (tertiary/aromatic N) is 2. The van der Waals surface area contributed by atoms with E-state index in [2.05, 4.69) is 52.5 Å². The van der Waals surface area contributed by atoms with Crippen LogP contribution in [-0.4, -0.2) is 48.8 Å². The number of hydrogen-bond acceptors (Lipinski definition) is 3. The van der Waals surface area contributed by atoms with Crippen LogP contribution in [0.3, 0.4) is 0 Å². The van der Waals surface area contributed by atoms with Crippen molar-refractivity contribution in [3.63, 3.8) is 0 Å². The summed E-state index contributed by atoms with van der Waals surface area (Å²) < 4.78 is 0. The molecule has 0 N–H and O–H groups in total. The Bertz CT molecular complexity index is 545. The summed E-state index contributed by atoms with van der Waals surface area (Å²) in [5.41, 5.74) is 1.45. The third kappa shape index (κ3) is 3.67. The summed E-state index contributed by atoms with van der Waals surface area (Å²) in [6.45, 7) is 7.39. The second-order valence-electron chi connectivity index (χ2n) is 7.47. The van der Waals surface area contributed by atoms with Crippen LogP contribution in [0, 0.1) is 17.8 Å². The number of fused-ring (bicyclic) bond motifs is 2. The van der Waals surface area contributed by atoms with Crippen molar-refractivity contribution >= 4 is 11.8 Å². The van der Waals surface area contributed by atoms with E-state index in [0.717, 1.165) is 24.3 Å². The summed E-state index contributed by atoms with van der Waals surface area (Å²) in [5, 5.41) is 0. The van der Waals surface area contributed by atoms with Gasteiger partial charge < -0.3 is 4.90 Å². The highest BCUT2D eigenvalue weighted by Crippen LogP contribution is 2.43. The van der Waals surface area contributed by atoms with Gasteiger partial charge in [-0.15, -0.1) is 11.8 Å².